The molecule has 44 nitrogen and oxygen atoms in total. The molecule has 31 N–H and O–H groups in total. The molecule has 0 radical (unpaired) electrons. The van der Waals surface area contributed by atoms with Crippen molar-refractivity contribution in [3.05, 3.63) is 77.9 Å². The number of hydrogen-bond donors (Lipinski definition) is 26. The number of unbranched alkanes of at least 4 members (excludes halogenated alkanes) is 2. The lowest BCUT2D eigenvalue weighted by atomic mass is 10.0. The first-order valence-electron chi connectivity index (χ1n) is 36.6. The summed E-state index contributed by atoms with van der Waals surface area (Å²) in [6.45, 7) is 5.59. The number of aromatic amines is 1. The first-order valence-corrected chi connectivity index (χ1v) is 36.6. The Morgan fingerprint density at radius 3 is 1.37 bits per heavy atom. The number of carboxylic acids is 2. The fraction of sp³-hybridized carbons (Fsp3) is 0.549. The highest BCUT2D eigenvalue weighted by Gasteiger charge is 2.40. The number of rotatable bonds is 52. The summed E-state index contributed by atoms with van der Waals surface area (Å²) in [5.74, 6) is -21.9. The first-order chi connectivity index (χ1) is 54.0. The van der Waals surface area contributed by atoms with Crippen molar-refractivity contribution >= 4 is 101 Å². The van der Waals surface area contributed by atoms with Crippen molar-refractivity contribution in [1.29, 1.82) is 0 Å². The number of nitrogens with one attached hydrogen (secondary N) is 14. The van der Waals surface area contributed by atoms with Crippen LogP contribution in [0.5, 0.6) is 11.5 Å². The number of benzene rings is 2. The number of carboxylic acid groups (broad SMARTS) is 2. The van der Waals surface area contributed by atoms with E-state index in [0.29, 0.717) is 30.5 Å². The average Bonchev–Trinajstić information content (AvgIpc) is 1.82. The van der Waals surface area contributed by atoms with Gasteiger partial charge in [0.15, 0.2) is 0 Å². The van der Waals surface area contributed by atoms with Crippen LogP contribution in [0.25, 0.3) is 0 Å². The van der Waals surface area contributed by atoms with E-state index < -0.39 is 242 Å². The molecule has 0 bridgehead atoms. The number of imidazole rings is 1. The van der Waals surface area contributed by atoms with Crippen LogP contribution in [0.4, 0.5) is 0 Å². The van der Waals surface area contributed by atoms with Crippen LogP contribution in [-0.2, 0) is 101 Å². The maximum Gasteiger partial charge on any atom is 0.326 e. The van der Waals surface area contributed by atoms with Crippen LogP contribution in [0.2, 0.25) is 0 Å². The van der Waals surface area contributed by atoms with E-state index in [1.165, 1.54) is 88.8 Å². The summed E-state index contributed by atoms with van der Waals surface area (Å²) >= 11 is 0. The van der Waals surface area contributed by atoms with E-state index in [0.717, 1.165) is 13.8 Å². The number of nitrogens with zero attached hydrogens (tertiary/aromatic N) is 1. The number of H-pyrrole nitrogens is 1. The second-order valence-corrected chi connectivity index (χ2v) is 28.0. The van der Waals surface area contributed by atoms with Crippen molar-refractivity contribution in [2.45, 2.75) is 215 Å². The van der Waals surface area contributed by atoms with E-state index >= 15 is 0 Å². The second kappa shape index (κ2) is 48.2. The molecule has 636 valence electrons. The highest BCUT2D eigenvalue weighted by Crippen LogP contribution is 2.17. The predicted molar refractivity (Wildman–Crippen MR) is 404 cm³/mol. The van der Waals surface area contributed by atoms with Crippen LogP contribution < -0.4 is 97.8 Å². The molecule has 0 saturated carbocycles. The highest BCUT2D eigenvalue weighted by molar-refractivity contribution is 6.01. The van der Waals surface area contributed by atoms with Gasteiger partial charge >= 0.3 is 11.9 Å². The van der Waals surface area contributed by atoms with Crippen LogP contribution in [0, 0.1) is 5.92 Å². The van der Waals surface area contributed by atoms with Crippen molar-refractivity contribution in [3.8, 4) is 11.5 Å². The highest BCUT2D eigenvalue weighted by atomic mass is 16.4. The molecule has 0 saturated heterocycles. The lowest BCUT2D eigenvalue weighted by molar-refractivity contribution is -0.142. The number of nitrogens with two attached hydrogens (primary N) is 5. The van der Waals surface area contributed by atoms with Crippen LogP contribution in [0.3, 0.4) is 0 Å². The third-order valence-corrected chi connectivity index (χ3v) is 17.5. The molecule has 0 aliphatic heterocycles. The first kappa shape index (κ1) is 97.2. The number of aromatic nitrogens is 2. The summed E-state index contributed by atoms with van der Waals surface area (Å²) < 4.78 is 0. The van der Waals surface area contributed by atoms with Gasteiger partial charge in [0.05, 0.1) is 56.3 Å². The molecule has 115 heavy (non-hydrogen) atoms. The summed E-state index contributed by atoms with van der Waals surface area (Å²) in [5, 5.41) is 102. The fourth-order valence-electron chi connectivity index (χ4n) is 11.0. The number of aromatic hydroxyl groups is 2. The normalized spacial score (nSPS) is 14.9. The Kier molecular flexibility index (Phi) is 40.7. The number of phenols is 2. The molecule has 15 amide bonds. The average molecular weight is 1630 g/mol. The minimum atomic E-state index is -2.19. The number of aliphatic hydroxyl groups is 3. The molecule has 2 aromatic carbocycles. The van der Waals surface area contributed by atoms with E-state index in [4.69, 9.17) is 28.7 Å². The largest absolute Gasteiger partial charge is 0.508 e. The zero-order chi connectivity index (χ0) is 86.6. The summed E-state index contributed by atoms with van der Waals surface area (Å²) in [7, 11) is 0. The molecule has 0 aliphatic rings. The third kappa shape index (κ3) is 34.5. The number of amides is 15. The van der Waals surface area contributed by atoms with Crippen molar-refractivity contribution in [1.82, 2.24) is 79.1 Å². The lowest BCUT2D eigenvalue weighted by Crippen LogP contribution is -2.63. The van der Waals surface area contributed by atoms with Crippen molar-refractivity contribution in [3.63, 3.8) is 0 Å². The van der Waals surface area contributed by atoms with Crippen LogP contribution in [0.1, 0.15) is 123 Å². The Labute approximate surface area is 660 Å². The van der Waals surface area contributed by atoms with Gasteiger partial charge in [0.2, 0.25) is 88.6 Å². The van der Waals surface area contributed by atoms with Gasteiger partial charge in [0, 0.05) is 31.9 Å². The van der Waals surface area contributed by atoms with Crippen LogP contribution in [-0.4, -0.2) is 263 Å². The summed E-state index contributed by atoms with van der Waals surface area (Å²) in [4.78, 5) is 236. The molecule has 0 unspecified atom stereocenters. The molecular formula is C71H108N20O24. The van der Waals surface area contributed by atoms with Crippen molar-refractivity contribution in [2.24, 2.45) is 34.6 Å². The Hall–Kier alpha value is -12.0. The molecule has 0 spiro atoms. The van der Waals surface area contributed by atoms with Gasteiger partial charge in [-0.2, -0.15) is 0 Å². The SMILES string of the molecule is CC(C)[C@H](NC(=O)[C@H](CC(=O)O)NC(=O)[C@H](CC(N)=O)NC(=O)[C@@H](NC(=O)[C@H](Cc1ccc(O)cc1)NC(=O)[C@@H](NC(=O)CNC(=O)[C@H](CCC(N)=O)NC(=O)C(C)(C)NC(=O)[C@@H](N)Cc1c[nH]cn1)[C@@H](C)O)[C@@H](C)O)C(=O)N[C@@H](CO)C(=O)N[C@@H](CCCCN)C(=O)N[C@@H](Cc1ccc(O)cc1)C(=O)N[C@@H](CCCCN)C(=O)O. The van der Waals surface area contributed by atoms with Gasteiger partial charge in [-0.05, 0) is 127 Å². The monoisotopic (exact) mass is 1620 g/mol. The number of aliphatic hydroxyl groups excluding tert-OH is 3. The topological polar surface area (TPSA) is 747 Å². The quantitative estimate of drug-likeness (QED) is 0.0233. The van der Waals surface area contributed by atoms with Crippen molar-refractivity contribution < 1.29 is 117 Å². The summed E-state index contributed by atoms with van der Waals surface area (Å²) in [5.41, 5.74) is 27.4. The summed E-state index contributed by atoms with van der Waals surface area (Å²) in [6.07, 6.45) is -3.82. The minimum Gasteiger partial charge on any atom is -0.508 e. The van der Waals surface area contributed by atoms with E-state index in [-0.39, 0.29) is 62.3 Å². The van der Waals surface area contributed by atoms with Gasteiger partial charge in [-0.1, -0.05) is 38.1 Å². The zero-order valence-electron chi connectivity index (χ0n) is 64.4. The smallest absolute Gasteiger partial charge is 0.326 e. The molecule has 14 atom stereocenters. The molecule has 1 heterocycles. The Morgan fingerprint density at radius 2 is 0.887 bits per heavy atom. The molecule has 0 fully saturated rings. The Balaban J connectivity index is 1.85. The maximum atomic E-state index is 14.4. The molecule has 3 rings (SSSR count). The summed E-state index contributed by atoms with van der Waals surface area (Å²) in [6, 6.07) is -10.7. The number of carbonyl (C=O) groups is 17. The van der Waals surface area contributed by atoms with Gasteiger partial charge in [0.25, 0.3) is 0 Å². The van der Waals surface area contributed by atoms with Gasteiger partial charge in [-0.3, -0.25) is 76.7 Å². The second-order valence-electron chi connectivity index (χ2n) is 28.0. The van der Waals surface area contributed by atoms with Crippen LogP contribution in [0.15, 0.2) is 61.1 Å². The zero-order valence-corrected chi connectivity index (χ0v) is 64.4. The predicted octanol–water partition coefficient (Wildman–Crippen LogP) is -9.11. The maximum absolute atomic E-state index is 14.4. The molecule has 3 aromatic rings. The van der Waals surface area contributed by atoms with Crippen molar-refractivity contribution in [2.75, 3.05) is 26.2 Å². The number of hydrogen-bond acceptors (Lipinski definition) is 26. The Bertz CT molecular complexity index is 3830. The van der Waals surface area contributed by atoms with Gasteiger partial charge in [-0.15, -0.1) is 0 Å². The minimum absolute atomic E-state index is 0.0146. The van der Waals surface area contributed by atoms with Gasteiger partial charge < -0.3 is 139 Å². The molecule has 1 aromatic heterocycles. The number of phenolic OH excluding ortho intramolecular Hbond substituents is 2. The Morgan fingerprint density at radius 1 is 0.470 bits per heavy atom. The van der Waals surface area contributed by atoms with Crippen LogP contribution >= 0.6 is 0 Å². The molecule has 44 heteroatoms. The van der Waals surface area contributed by atoms with E-state index in [9.17, 15) is 117 Å². The molecular weight excluding hydrogens is 1520 g/mol. The van der Waals surface area contributed by atoms with E-state index in [2.05, 4.69) is 79.1 Å². The van der Waals surface area contributed by atoms with E-state index in [1.807, 2.05) is 0 Å². The fourth-order valence-corrected chi connectivity index (χ4v) is 11.0. The lowest BCUT2D eigenvalue weighted by Gasteiger charge is -2.29. The van der Waals surface area contributed by atoms with Gasteiger partial charge in [0.1, 0.15) is 83.5 Å². The molecule has 0 aliphatic carbocycles. The van der Waals surface area contributed by atoms with E-state index in [1.54, 1.807) is 0 Å². The number of aliphatic carboxylic acids is 2. The standard InChI is InChI=1S/C71H108N20O24/c1-34(2)55(66(110)86-50(32-92)65(109)80-43(11-7-9-23-72)60(104)82-46(25-37-13-17-40(95)18-14-37)61(105)81-45(69(113)114)12-8-10-24-73)89-64(108)49(29-54(100)101)83-62(106)48(28-52(76)98)85-68(112)57(36(4)94)90-63(107)47(26-38-15-19-41(96)20-16-38)84-67(111)56(35(3)93)88-53(99)31-78-59(103)44(21-22-51(75)97)87-70(115)71(5,6)91-58(102)42(74)27-39-30-77-33-79-39/h13-20,30,33-36,42-50,55-57,92-96H,7-12,21-29,31-32,72-74H2,1-6H3,(H2,75,97)(H2,76,98)(H,77,79)(H,78,103)(H,80,109)(H,81,105)(H,82,104)(H,83,106)(H,84,111)(H,85,112)(H,86,110)(H,87,115)(H,88,99)(H,89,108)(H,90,107)(H,91,102)(H,100,101)(H,113,114)/t35-,36-,42+,43+,44+,45+,46+,47+,48+,49+,50+,55+,56+,57+/m1/s1. The third-order valence-electron chi connectivity index (χ3n) is 17.5. The number of primary amides is 2. The van der Waals surface area contributed by atoms with Gasteiger partial charge in [-0.25, -0.2) is 9.78 Å². The number of carbonyl (C=O) groups excluding carboxylic acids is 15.